The fourth-order valence-corrected chi connectivity index (χ4v) is 4.38. The molecule has 0 radical (unpaired) electrons. The first-order chi connectivity index (χ1) is 15.5. The molecule has 1 aliphatic rings. The second kappa shape index (κ2) is 9.67. The molecule has 32 heavy (non-hydrogen) atoms. The molecule has 1 amide bonds. The smallest absolute Gasteiger partial charge is 0.248 e. The van der Waals surface area contributed by atoms with Gasteiger partial charge < -0.3 is 15.8 Å². The number of benzene rings is 2. The number of rotatable bonds is 8. The summed E-state index contributed by atoms with van der Waals surface area (Å²) in [6, 6.07) is 14.5. The van der Waals surface area contributed by atoms with Crippen molar-refractivity contribution in [1.29, 1.82) is 0 Å². The topological polar surface area (TPSA) is 95.1 Å². The molecule has 0 bridgehead atoms. The van der Waals surface area contributed by atoms with Crippen LogP contribution in [0.15, 0.2) is 65.0 Å². The molecule has 7 nitrogen and oxygen atoms in total. The van der Waals surface area contributed by atoms with Gasteiger partial charge in [0.1, 0.15) is 18.4 Å². The SMILES string of the molecule is CCCSc1nc2n(n1)C(c1ccccc1OCc1ccc(Cl)cc1)C(C(N)=O)=C(C)N2. The number of nitrogens with one attached hydrogen (secondary N) is 1. The number of carbonyl (C=O) groups excluding carboxylic acids is 1. The Kier molecular flexibility index (Phi) is 6.72. The van der Waals surface area contributed by atoms with Crippen LogP contribution in [0, 0.1) is 0 Å². The molecule has 1 aromatic heterocycles. The van der Waals surface area contributed by atoms with E-state index in [-0.39, 0.29) is 0 Å². The van der Waals surface area contributed by atoms with E-state index in [1.807, 2.05) is 55.5 Å². The Bertz CT molecular complexity index is 1160. The van der Waals surface area contributed by atoms with Crippen LogP contribution in [0.1, 0.15) is 37.4 Å². The summed E-state index contributed by atoms with van der Waals surface area (Å²) in [6.45, 7) is 4.28. The minimum atomic E-state index is -0.548. The largest absolute Gasteiger partial charge is 0.489 e. The minimum absolute atomic E-state index is 0.357. The van der Waals surface area contributed by atoms with E-state index in [2.05, 4.69) is 22.3 Å². The number of amides is 1. The number of nitrogens with two attached hydrogens (primary N) is 1. The Labute approximate surface area is 196 Å². The summed E-state index contributed by atoms with van der Waals surface area (Å²) in [5.74, 6) is 1.61. The average molecular weight is 470 g/mol. The lowest BCUT2D eigenvalue weighted by Gasteiger charge is -2.28. The fourth-order valence-electron chi connectivity index (χ4n) is 3.57. The average Bonchev–Trinajstić information content (AvgIpc) is 3.18. The van der Waals surface area contributed by atoms with Crippen molar-refractivity contribution in [2.75, 3.05) is 11.1 Å². The Morgan fingerprint density at radius 2 is 2.00 bits per heavy atom. The molecule has 2 aromatic carbocycles. The second-order valence-electron chi connectivity index (χ2n) is 7.39. The number of allylic oxidation sites excluding steroid dienone is 1. The van der Waals surface area contributed by atoms with Gasteiger partial charge in [-0.05, 0) is 37.1 Å². The van der Waals surface area contributed by atoms with Crippen LogP contribution < -0.4 is 15.8 Å². The molecule has 1 atom stereocenters. The molecule has 0 aliphatic carbocycles. The lowest BCUT2D eigenvalue weighted by molar-refractivity contribution is -0.115. The van der Waals surface area contributed by atoms with Gasteiger partial charge in [-0.25, -0.2) is 4.68 Å². The molecule has 0 saturated heterocycles. The van der Waals surface area contributed by atoms with Crippen LogP contribution >= 0.6 is 23.4 Å². The normalized spacial score (nSPS) is 15.3. The van der Waals surface area contributed by atoms with Crippen molar-refractivity contribution < 1.29 is 9.53 Å². The maximum atomic E-state index is 12.5. The maximum Gasteiger partial charge on any atom is 0.248 e. The van der Waals surface area contributed by atoms with Crippen molar-refractivity contribution in [1.82, 2.24) is 14.8 Å². The number of fused-ring (bicyclic) bond motifs is 1. The molecule has 0 spiro atoms. The summed E-state index contributed by atoms with van der Waals surface area (Å²) in [6.07, 6.45) is 1.01. The molecule has 3 N–H and O–H groups in total. The highest BCUT2D eigenvalue weighted by Gasteiger charge is 2.35. The van der Waals surface area contributed by atoms with Gasteiger partial charge in [0.15, 0.2) is 0 Å². The number of aromatic nitrogens is 3. The summed E-state index contributed by atoms with van der Waals surface area (Å²) in [4.78, 5) is 17.1. The standard InChI is InChI=1S/C23H24ClN5O2S/c1-3-12-32-23-27-22-26-14(2)19(21(25)30)20(29(22)28-23)17-6-4-5-7-18(17)31-13-15-8-10-16(24)11-9-15/h4-11,20H,3,12-13H2,1-2H3,(H2,25,30)(H,26,27,28). The zero-order chi connectivity index (χ0) is 22.7. The first kappa shape index (κ1) is 22.2. The van der Waals surface area contributed by atoms with E-state index in [1.54, 1.807) is 16.4 Å². The van der Waals surface area contributed by atoms with Crippen molar-refractivity contribution in [3.63, 3.8) is 0 Å². The highest BCUT2D eigenvalue weighted by Crippen LogP contribution is 2.39. The van der Waals surface area contributed by atoms with E-state index >= 15 is 0 Å². The quantitative estimate of drug-likeness (QED) is 0.461. The van der Waals surface area contributed by atoms with Gasteiger partial charge in [0.25, 0.3) is 0 Å². The molecule has 1 aliphatic heterocycles. The van der Waals surface area contributed by atoms with E-state index in [0.29, 0.717) is 39.8 Å². The predicted molar refractivity (Wildman–Crippen MR) is 127 cm³/mol. The van der Waals surface area contributed by atoms with Gasteiger partial charge in [0.2, 0.25) is 17.0 Å². The van der Waals surface area contributed by atoms with Gasteiger partial charge in [0, 0.05) is 22.0 Å². The van der Waals surface area contributed by atoms with Crippen molar-refractivity contribution in [3.05, 3.63) is 76.0 Å². The molecule has 1 unspecified atom stereocenters. The molecule has 2 heterocycles. The second-order valence-corrected chi connectivity index (χ2v) is 8.89. The first-order valence-electron chi connectivity index (χ1n) is 10.3. The Balaban J connectivity index is 1.73. The summed E-state index contributed by atoms with van der Waals surface area (Å²) < 4.78 is 7.88. The predicted octanol–water partition coefficient (Wildman–Crippen LogP) is 4.79. The number of halogens is 1. The van der Waals surface area contributed by atoms with E-state index in [0.717, 1.165) is 23.3 Å². The minimum Gasteiger partial charge on any atom is -0.489 e. The number of nitrogens with zero attached hydrogens (tertiary/aromatic N) is 3. The van der Waals surface area contributed by atoms with Gasteiger partial charge in [-0.15, -0.1) is 5.10 Å². The van der Waals surface area contributed by atoms with Crippen molar-refractivity contribution >= 4 is 35.2 Å². The van der Waals surface area contributed by atoms with Crippen LogP contribution in [0.5, 0.6) is 5.75 Å². The first-order valence-corrected chi connectivity index (χ1v) is 11.7. The number of para-hydroxylation sites is 1. The summed E-state index contributed by atoms with van der Waals surface area (Å²) in [7, 11) is 0. The van der Waals surface area contributed by atoms with Crippen LogP contribution in [0.3, 0.4) is 0 Å². The number of carbonyl (C=O) groups is 1. The maximum absolute atomic E-state index is 12.5. The van der Waals surface area contributed by atoms with Crippen LogP contribution in [0.25, 0.3) is 0 Å². The Morgan fingerprint density at radius 3 is 2.72 bits per heavy atom. The number of hydrogen-bond acceptors (Lipinski definition) is 6. The third kappa shape index (κ3) is 4.61. The number of primary amides is 1. The third-order valence-corrected chi connectivity index (χ3v) is 6.35. The van der Waals surface area contributed by atoms with E-state index in [9.17, 15) is 4.79 Å². The molecular formula is C23H24ClN5O2S. The zero-order valence-corrected chi connectivity index (χ0v) is 19.4. The van der Waals surface area contributed by atoms with Crippen molar-refractivity contribution in [2.45, 2.75) is 38.1 Å². The van der Waals surface area contributed by atoms with E-state index in [1.165, 1.54) is 0 Å². The van der Waals surface area contributed by atoms with Crippen LogP contribution in [0.4, 0.5) is 5.95 Å². The Hall–Kier alpha value is -2.97. The van der Waals surface area contributed by atoms with Gasteiger partial charge in [0.05, 0.1) is 5.57 Å². The number of hydrogen-bond donors (Lipinski definition) is 2. The van der Waals surface area contributed by atoms with Gasteiger partial charge in [-0.3, -0.25) is 4.79 Å². The van der Waals surface area contributed by atoms with Crippen LogP contribution in [-0.4, -0.2) is 26.4 Å². The van der Waals surface area contributed by atoms with E-state index < -0.39 is 11.9 Å². The molecule has 4 rings (SSSR count). The van der Waals surface area contributed by atoms with Crippen molar-refractivity contribution in [2.24, 2.45) is 5.73 Å². The molecular weight excluding hydrogens is 446 g/mol. The summed E-state index contributed by atoms with van der Waals surface area (Å²) in [5, 5.41) is 9.17. The monoisotopic (exact) mass is 469 g/mol. The van der Waals surface area contributed by atoms with Gasteiger partial charge in [-0.2, -0.15) is 4.98 Å². The number of ether oxygens (including phenoxy) is 1. The number of anilines is 1. The molecule has 0 fully saturated rings. The highest BCUT2D eigenvalue weighted by molar-refractivity contribution is 7.99. The molecule has 3 aromatic rings. The summed E-state index contributed by atoms with van der Waals surface area (Å²) >= 11 is 7.56. The lowest BCUT2D eigenvalue weighted by atomic mass is 9.94. The van der Waals surface area contributed by atoms with Gasteiger partial charge in [-0.1, -0.05) is 60.6 Å². The van der Waals surface area contributed by atoms with E-state index in [4.69, 9.17) is 22.1 Å². The van der Waals surface area contributed by atoms with Crippen molar-refractivity contribution in [3.8, 4) is 5.75 Å². The number of thioether (sulfide) groups is 1. The molecule has 9 heteroatoms. The third-order valence-electron chi connectivity index (χ3n) is 5.06. The summed E-state index contributed by atoms with van der Waals surface area (Å²) in [5.41, 5.74) is 8.65. The molecule has 166 valence electrons. The lowest BCUT2D eigenvalue weighted by Crippen LogP contribution is -2.32. The Morgan fingerprint density at radius 1 is 1.25 bits per heavy atom. The van der Waals surface area contributed by atoms with Crippen LogP contribution in [0.2, 0.25) is 5.02 Å². The zero-order valence-electron chi connectivity index (χ0n) is 17.8. The van der Waals surface area contributed by atoms with Gasteiger partial charge >= 0.3 is 0 Å². The van der Waals surface area contributed by atoms with Crippen LogP contribution in [-0.2, 0) is 11.4 Å². The molecule has 0 saturated carbocycles. The fraction of sp³-hybridized carbons (Fsp3) is 0.261. The highest BCUT2D eigenvalue weighted by atomic mass is 35.5.